The highest BCUT2D eigenvalue weighted by molar-refractivity contribution is 5.93. The fraction of sp³-hybridized carbons (Fsp3) is 0.429. The van der Waals surface area contributed by atoms with E-state index in [2.05, 4.69) is 27.0 Å². The topological polar surface area (TPSA) is 105 Å². The summed E-state index contributed by atoms with van der Waals surface area (Å²) in [5.74, 6) is -0.696. The number of benzene rings is 1. The third-order valence-corrected chi connectivity index (χ3v) is 5.33. The fourth-order valence-electron chi connectivity index (χ4n) is 3.50. The summed E-state index contributed by atoms with van der Waals surface area (Å²) in [7, 11) is 1.65. The molecule has 0 saturated carbocycles. The standard InChI is InChI=1S/C21H27N5O3/c1-13-11-23-19(25-20(28)14(2)22-3)21(29)26(13)12-18(27)24-17-10-6-8-15-7-4-5-9-16(15)17/h4-5,7,9,11,14,17,22H,6,8,10,12H2,1-3H3,(H,24,27)(H,23,25,28). The van der Waals surface area contributed by atoms with Crippen molar-refractivity contribution in [3.63, 3.8) is 0 Å². The number of hydrogen-bond acceptors (Lipinski definition) is 5. The Morgan fingerprint density at radius 1 is 1.31 bits per heavy atom. The van der Waals surface area contributed by atoms with Gasteiger partial charge in [-0.1, -0.05) is 24.3 Å². The third-order valence-electron chi connectivity index (χ3n) is 5.33. The molecule has 2 atom stereocenters. The molecule has 1 heterocycles. The average Bonchev–Trinajstić information content (AvgIpc) is 2.72. The van der Waals surface area contributed by atoms with Crippen LogP contribution < -0.4 is 21.5 Å². The van der Waals surface area contributed by atoms with Crippen LogP contribution in [0.15, 0.2) is 35.3 Å². The Morgan fingerprint density at radius 2 is 2.07 bits per heavy atom. The summed E-state index contributed by atoms with van der Waals surface area (Å²) in [5.41, 5.74) is 2.44. The van der Waals surface area contributed by atoms with Gasteiger partial charge >= 0.3 is 0 Å². The Bertz CT molecular complexity index is 969. The first-order valence-corrected chi connectivity index (χ1v) is 9.82. The number of nitrogens with zero attached hydrogens (tertiary/aromatic N) is 2. The summed E-state index contributed by atoms with van der Waals surface area (Å²) < 4.78 is 1.33. The Balaban J connectivity index is 1.75. The molecule has 3 rings (SSSR count). The quantitative estimate of drug-likeness (QED) is 0.681. The number of fused-ring (bicyclic) bond motifs is 1. The number of aromatic nitrogens is 2. The third kappa shape index (κ3) is 4.71. The maximum atomic E-state index is 12.7. The van der Waals surface area contributed by atoms with Crippen molar-refractivity contribution in [2.75, 3.05) is 12.4 Å². The molecule has 0 aliphatic heterocycles. The molecule has 1 aromatic carbocycles. The van der Waals surface area contributed by atoms with Gasteiger partial charge in [-0.2, -0.15) is 0 Å². The minimum Gasteiger partial charge on any atom is -0.348 e. The van der Waals surface area contributed by atoms with Gasteiger partial charge < -0.3 is 16.0 Å². The monoisotopic (exact) mass is 397 g/mol. The number of nitrogens with one attached hydrogen (secondary N) is 3. The number of rotatable bonds is 6. The minimum absolute atomic E-state index is 0.0547. The SMILES string of the molecule is CNC(C)C(=O)Nc1ncc(C)n(CC(=O)NC2CCCc3ccccc32)c1=O. The second-order valence-electron chi connectivity index (χ2n) is 7.35. The van der Waals surface area contributed by atoms with Crippen molar-refractivity contribution in [2.24, 2.45) is 0 Å². The van der Waals surface area contributed by atoms with E-state index < -0.39 is 11.6 Å². The summed E-state index contributed by atoms with van der Waals surface area (Å²) in [6.45, 7) is 3.26. The number of hydrogen-bond donors (Lipinski definition) is 3. The van der Waals surface area contributed by atoms with Crippen molar-refractivity contribution < 1.29 is 9.59 Å². The van der Waals surface area contributed by atoms with Gasteiger partial charge in [0.25, 0.3) is 5.56 Å². The molecule has 154 valence electrons. The van der Waals surface area contributed by atoms with Gasteiger partial charge in [0.1, 0.15) is 6.54 Å². The van der Waals surface area contributed by atoms with E-state index in [0.717, 1.165) is 24.8 Å². The van der Waals surface area contributed by atoms with Crippen molar-refractivity contribution in [1.82, 2.24) is 20.2 Å². The number of carbonyl (C=O) groups is 2. The largest absolute Gasteiger partial charge is 0.348 e. The van der Waals surface area contributed by atoms with Crippen LogP contribution in [-0.2, 0) is 22.6 Å². The van der Waals surface area contributed by atoms with E-state index >= 15 is 0 Å². The van der Waals surface area contributed by atoms with Crippen LogP contribution >= 0.6 is 0 Å². The molecule has 2 aromatic rings. The van der Waals surface area contributed by atoms with Crippen LogP contribution in [0.2, 0.25) is 0 Å². The van der Waals surface area contributed by atoms with Gasteiger partial charge in [0, 0.05) is 11.9 Å². The van der Waals surface area contributed by atoms with E-state index in [1.807, 2.05) is 18.2 Å². The maximum Gasteiger partial charge on any atom is 0.294 e. The lowest BCUT2D eigenvalue weighted by Gasteiger charge is -2.26. The lowest BCUT2D eigenvalue weighted by molar-refractivity contribution is -0.122. The van der Waals surface area contributed by atoms with Gasteiger partial charge in [-0.25, -0.2) is 4.98 Å². The summed E-state index contributed by atoms with van der Waals surface area (Å²) in [5, 5.41) is 8.37. The van der Waals surface area contributed by atoms with Crippen LogP contribution in [0.25, 0.3) is 0 Å². The molecule has 0 spiro atoms. The first-order valence-electron chi connectivity index (χ1n) is 9.82. The number of amides is 2. The van der Waals surface area contributed by atoms with Crippen LogP contribution in [0, 0.1) is 6.92 Å². The van der Waals surface area contributed by atoms with Crippen LogP contribution in [0.1, 0.15) is 42.6 Å². The molecule has 0 saturated heterocycles. The van der Waals surface area contributed by atoms with E-state index in [1.54, 1.807) is 20.9 Å². The Hall–Kier alpha value is -3.00. The van der Waals surface area contributed by atoms with Crippen LogP contribution in [0.4, 0.5) is 5.82 Å². The second-order valence-corrected chi connectivity index (χ2v) is 7.35. The molecule has 2 unspecified atom stereocenters. The van der Waals surface area contributed by atoms with Crippen LogP contribution in [-0.4, -0.2) is 34.5 Å². The first-order chi connectivity index (χ1) is 13.9. The predicted octanol–water partition coefficient (Wildman–Crippen LogP) is 1.29. The maximum absolute atomic E-state index is 12.7. The van der Waals surface area contributed by atoms with Gasteiger partial charge in [0.15, 0.2) is 5.82 Å². The highest BCUT2D eigenvalue weighted by Gasteiger charge is 2.22. The van der Waals surface area contributed by atoms with E-state index in [4.69, 9.17) is 0 Å². The lowest BCUT2D eigenvalue weighted by Crippen LogP contribution is -2.40. The molecule has 8 nitrogen and oxygen atoms in total. The summed E-state index contributed by atoms with van der Waals surface area (Å²) in [6, 6.07) is 7.59. The smallest absolute Gasteiger partial charge is 0.294 e. The lowest BCUT2D eigenvalue weighted by atomic mass is 9.88. The molecule has 3 N–H and O–H groups in total. The fourth-order valence-corrected chi connectivity index (χ4v) is 3.50. The average molecular weight is 397 g/mol. The van der Waals surface area contributed by atoms with Crippen molar-refractivity contribution in [3.05, 3.63) is 57.6 Å². The molecule has 1 aliphatic rings. The van der Waals surface area contributed by atoms with E-state index in [9.17, 15) is 14.4 Å². The highest BCUT2D eigenvalue weighted by atomic mass is 16.2. The number of carbonyl (C=O) groups excluding carboxylic acids is 2. The normalized spacial score (nSPS) is 16.6. The van der Waals surface area contributed by atoms with Gasteiger partial charge in [0.2, 0.25) is 11.8 Å². The van der Waals surface area contributed by atoms with Crippen LogP contribution in [0.5, 0.6) is 0 Å². The molecule has 0 fully saturated rings. The molecular weight excluding hydrogens is 370 g/mol. The molecule has 1 aromatic heterocycles. The van der Waals surface area contributed by atoms with Crippen molar-refractivity contribution in [2.45, 2.75) is 51.7 Å². The Kier molecular flexibility index (Phi) is 6.43. The van der Waals surface area contributed by atoms with Gasteiger partial charge in [-0.15, -0.1) is 0 Å². The molecule has 0 bridgehead atoms. The first kappa shape index (κ1) is 20.7. The number of likely N-dealkylation sites (N-methyl/N-ethyl adjacent to an activating group) is 1. The van der Waals surface area contributed by atoms with E-state index in [-0.39, 0.29) is 30.2 Å². The zero-order valence-corrected chi connectivity index (χ0v) is 17.0. The van der Waals surface area contributed by atoms with Gasteiger partial charge in [-0.05, 0) is 51.3 Å². The molecular formula is C21H27N5O3. The summed E-state index contributed by atoms with van der Waals surface area (Å²) in [6.07, 6.45) is 4.37. The van der Waals surface area contributed by atoms with Crippen molar-refractivity contribution in [1.29, 1.82) is 0 Å². The molecule has 8 heteroatoms. The van der Waals surface area contributed by atoms with E-state index in [0.29, 0.717) is 5.69 Å². The minimum atomic E-state index is -0.499. The van der Waals surface area contributed by atoms with Gasteiger partial charge in [-0.3, -0.25) is 19.0 Å². The second kappa shape index (κ2) is 9.00. The zero-order valence-electron chi connectivity index (χ0n) is 17.0. The van der Waals surface area contributed by atoms with Gasteiger partial charge in [0.05, 0.1) is 12.1 Å². The predicted molar refractivity (Wildman–Crippen MR) is 111 cm³/mol. The zero-order chi connectivity index (χ0) is 21.0. The summed E-state index contributed by atoms with van der Waals surface area (Å²) in [4.78, 5) is 41.5. The van der Waals surface area contributed by atoms with E-state index in [1.165, 1.54) is 16.3 Å². The Labute approximate surface area is 169 Å². The number of anilines is 1. The Morgan fingerprint density at radius 3 is 2.83 bits per heavy atom. The highest BCUT2D eigenvalue weighted by Crippen LogP contribution is 2.29. The molecule has 1 aliphatic carbocycles. The molecule has 0 radical (unpaired) electrons. The summed E-state index contributed by atoms with van der Waals surface area (Å²) >= 11 is 0. The number of aryl methyl sites for hydroxylation is 2. The van der Waals surface area contributed by atoms with Crippen molar-refractivity contribution in [3.8, 4) is 0 Å². The van der Waals surface area contributed by atoms with Crippen LogP contribution in [0.3, 0.4) is 0 Å². The van der Waals surface area contributed by atoms with Crippen molar-refractivity contribution >= 4 is 17.6 Å². The molecule has 2 amide bonds. The molecule has 29 heavy (non-hydrogen) atoms.